The highest BCUT2D eigenvalue weighted by atomic mass is 79.9. The Morgan fingerprint density at radius 3 is 2.38 bits per heavy atom. The Balaban J connectivity index is 2.99. The van der Waals surface area contributed by atoms with Crippen LogP contribution in [0.5, 0.6) is 0 Å². The van der Waals surface area contributed by atoms with E-state index in [-0.39, 0.29) is 0 Å². The third-order valence-electron chi connectivity index (χ3n) is 2.62. The van der Waals surface area contributed by atoms with E-state index in [2.05, 4.69) is 41.6 Å². The lowest BCUT2D eigenvalue weighted by atomic mass is 10.1. The van der Waals surface area contributed by atoms with E-state index in [9.17, 15) is 10.2 Å². The Bertz CT molecular complexity index is 349. The van der Waals surface area contributed by atoms with E-state index in [4.69, 9.17) is 0 Å². The van der Waals surface area contributed by atoms with Crippen LogP contribution in [0.3, 0.4) is 0 Å². The molecule has 2 N–H and O–H groups in total. The lowest BCUT2D eigenvalue weighted by Gasteiger charge is -2.21. The van der Waals surface area contributed by atoms with Gasteiger partial charge in [0.1, 0.15) is 6.10 Å². The van der Waals surface area contributed by atoms with Crippen LogP contribution in [-0.4, -0.2) is 29.7 Å². The monoisotopic (exact) mass is 302 g/mol. The summed E-state index contributed by atoms with van der Waals surface area (Å²) in [7, 11) is -1.36. The summed E-state index contributed by atoms with van der Waals surface area (Å²) in [6, 6.07) is 7.93. The fraction of sp³-hybridized carbons (Fsp3) is 0.500. The molecule has 0 heterocycles. The highest BCUT2D eigenvalue weighted by Crippen LogP contribution is 2.18. The standard InChI is InChI=1S/C12H19BrO2Si/c1-16(2,3)10-6-4-5-9(7-10)12(15)11(14)8-13/h4-7,11-12,14-15H,8H2,1-3H3. The molecule has 0 amide bonds. The molecule has 1 aromatic rings. The van der Waals surface area contributed by atoms with Crippen molar-refractivity contribution < 1.29 is 10.2 Å². The van der Waals surface area contributed by atoms with Crippen molar-refractivity contribution in [3.05, 3.63) is 29.8 Å². The van der Waals surface area contributed by atoms with E-state index in [0.717, 1.165) is 5.56 Å². The summed E-state index contributed by atoms with van der Waals surface area (Å²) in [6.45, 7) is 6.79. The lowest BCUT2D eigenvalue weighted by molar-refractivity contribution is 0.0343. The van der Waals surface area contributed by atoms with Crippen molar-refractivity contribution in [3.8, 4) is 0 Å². The van der Waals surface area contributed by atoms with Crippen LogP contribution >= 0.6 is 15.9 Å². The van der Waals surface area contributed by atoms with Crippen molar-refractivity contribution in [2.45, 2.75) is 31.8 Å². The molecular formula is C12H19BrO2Si. The average Bonchev–Trinajstić information content (AvgIpc) is 2.26. The molecule has 0 bridgehead atoms. The number of benzene rings is 1. The van der Waals surface area contributed by atoms with Crippen molar-refractivity contribution in [1.29, 1.82) is 0 Å². The number of halogens is 1. The number of aliphatic hydroxyl groups is 2. The smallest absolute Gasteiger partial charge is 0.106 e. The molecule has 0 aliphatic rings. The molecule has 0 aromatic heterocycles. The lowest BCUT2D eigenvalue weighted by Crippen LogP contribution is -2.38. The minimum atomic E-state index is -1.36. The molecule has 1 rings (SSSR count). The van der Waals surface area contributed by atoms with Crippen molar-refractivity contribution in [1.82, 2.24) is 0 Å². The third-order valence-corrected chi connectivity index (χ3v) is 5.32. The second-order valence-corrected chi connectivity index (χ2v) is 10.8. The predicted molar refractivity (Wildman–Crippen MR) is 74.2 cm³/mol. The van der Waals surface area contributed by atoms with E-state index in [1.54, 1.807) is 0 Å². The molecule has 4 heteroatoms. The van der Waals surface area contributed by atoms with Gasteiger partial charge in [-0.1, -0.05) is 65.0 Å². The third kappa shape index (κ3) is 3.42. The van der Waals surface area contributed by atoms with E-state index in [1.807, 2.05) is 18.2 Å². The molecule has 0 aliphatic carbocycles. The summed E-state index contributed by atoms with van der Waals surface area (Å²) < 4.78 is 0. The van der Waals surface area contributed by atoms with Gasteiger partial charge in [0.25, 0.3) is 0 Å². The minimum absolute atomic E-state index is 0.380. The summed E-state index contributed by atoms with van der Waals surface area (Å²) in [5, 5.41) is 21.2. The van der Waals surface area contributed by atoms with Crippen LogP contribution in [0.4, 0.5) is 0 Å². The van der Waals surface area contributed by atoms with Crippen molar-refractivity contribution in [3.63, 3.8) is 0 Å². The summed E-state index contributed by atoms with van der Waals surface area (Å²) in [6.07, 6.45) is -1.56. The molecule has 2 nitrogen and oxygen atoms in total. The maximum atomic E-state index is 9.91. The van der Waals surface area contributed by atoms with Gasteiger partial charge in [0.2, 0.25) is 0 Å². The van der Waals surface area contributed by atoms with E-state index < -0.39 is 20.3 Å². The van der Waals surface area contributed by atoms with Crippen molar-refractivity contribution in [2.75, 3.05) is 5.33 Å². The van der Waals surface area contributed by atoms with Crippen LogP contribution in [-0.2, 0) is 0 Å². The Hall–Kier alpha value is -0.163. The topological polar surface area (TPSA) is 40.5 Å². The van der Waals surface area contributed by atoms with Crippen LogP contribution < -0.4 is 5.19 Å². The van der Waals surface area contributed by atoms with E-state index in [0.29, 0.717) is 5.33 Å². The summed E-state index contributed by atoms with van der Waals surface area (Å²) in [5.74, 6) is 0. The summed E-state index contributed by atoms with van der Waals surface area (Å²) >= 11 is 3.17. The van der Waals surface area contributed by atoms with Crippen LogP contribution in [0.2, 0.25) is 19.6 Å². The zero-order valence-electron chi connectivity index (χ0n) is 9.94. The molecule has 1 aromatic carbocycles. The number of rotatable bonds is 4. The molecule has 90 valence electrons. The molecule has 0 aliphatic heterocycles. The molecule has 0 spiro atoms. The molecule has 0 fully saturated rings. The van der Waals surface area contributed by atoms with Gasteiger partial charge >= 0.3 is 0 Å². The molecule has 0 saturated carbocycles. The second-order valence-electron chi connectivity index (χ2n) is 5.04. The summed E-state index contributed by atoms with van der Waals surface area (Å²) in [4.78, 5) is 0. The minimum Gasteiger partial charge on any atom is -0.389 e. The summed E-state index contributed by atoms with van der Waals surface area (Å²) in [5.41, 5.74) is 0.798. The molecule has 0 saturated heterocycles. The second kappa shape index (κ2) is 5.45. The Morgan fingerprint density at radius 2 is 1.88 bits per heavy atom. The van der Waals surface area contributed by atoms with Crippen LogP contribution in [0.15, 0.2) is 24.3 Å². The molecular weight excluding hydrogens is 284 g/mol. The predicted octanol–water partition coefficient (Wildman–Crippen LogP) is 2.02. The number of hydrogen-bond acceptors (Lipinski definition) is 2. The fourth-order valence-electron chi connectivity index (χ4n) is 1.50. The zero-order chi connectivity index (χ0) is 12.3. The van der Waals surface area contributed by atoms with Gasteiger partial charge in [0.05, 0.1) is 14.2 Å². The molecule has 2 atom stereocenters. The highest BCUT2D eigenvalue weighted by Gasteiger charge is 2.21. The largest absolute Gasteiger partial charge is 0.389 e. The molecule has 16 heavy (non-hydrogen) atoms. The normalized spacial score (nSPS) is 15.9. The average molecular weight is 303 g/mol. The number of alkyl halides is 1. The van der Waals surface area contributed by atoms with Crippen molar-refractivity contribution >= 4 is 29.2 Å². The van der Waals surface area contributed by atoms with Gasteiger partial charge in [-0.25, -0.2) is 0 Å². The van der Waals surface area contributed by atoms with Gasteiger partial charge in [-0.05, 0) is 5.56 Å². The van der Waals surface area contributed by atoms with E-state index in [1.165, 1.54) is 5.19 Å². The Morgan fingerprint density at radius 1 is 1.25 bits per heavy atom. The van der Waals surface area contributed by atoms with Gasteiger partial charge in [-0.15, -0.1) is 0 Å². The number of aliphatic hydroxyl groups excluding tert-OH is 2. The first kappa shape index (κ1) is 13.9. The first-order chi connectivity index (χ1) is 7.36. The molecule has 0 radical (unpaired) electrons. The van der Waals surface area contributed by atoms with Crippen LogP contribution in [0, 0.1) is 0 Å². The zero-order valence-corrected chi connectivity index (χ0v) is 12.5. The fourth-order valence-corrected chi connectivity index (χ4v) is 3.05. The van der Waals surface area contributed by atoms with E-state index >= 15 is 0 Å². The maximum absolute atomic E-state index is 9.91. The van der Waals surface area contributed by atoms with Crippen LogP contribution in [0.25, 0.3) is 0 Å². The molecule has 2 unspecified atom stereocenters. The van der Waals surface area contributed by atoms with Gasteiger partial charge in [0.15, 0.2) is 0 Å². The SMILES string of the molecule is C[Si](C)(C)c1cccc(C(O)C(O)CBr)c1. The number of hydrogen-bond donors (Lipinski definition) is 2. The maximum Gasteiger partial charge on any atom is 0.106 e. The highest BCUT2D eigenvalue weighted by molar-refractivity contribution is 9.09. The first-order valence-corrected chi connectivity index (χ1v) is 10.0. The Kier molecular flexibility index (Phi) is 4.73. The quantitative estimate of drug-likeness (QED) is 0.660. The van der Waals surface area contributed by atoms with Gasteiger partial charge in [-0.3, -0.25) is 0 Å². The van der Waals surface area contributed by atoms with Crippen molar-refractivity contribution in [2.24, 2.45) is 0 Å². The van der Waals surface area contributed by atoms with Crippen LogP contribution in [0.1, 0.15) is 11.7 Å². The Labute approximate surface area is 106 Å². The van der Waals surface area contributed by atoms with Gasteiger partial charge in [0, 0.05) is 5.33 Å². The first-order valence-electron chi connectivity index (χ1n) is 5.39. The van der Waals surface area contributed by atoms with Gasteiger partial charge in [-0.2, -0.15) is 0 Å². The van der Waals surface area contributed by atoms with Gasteiger partial charge < -0.3 is 10.2 Å².